The van der Waals surface area contributed by atoms with Gasteiger partial charge in [-0.05, 0) is 42.0 Å². The van der Waals surface area contributed by atoms with Crippen molar-refractivity contribution in [2.75, 3.05) is 0 Å². The number of rotatable bonds is 6. The maximum Gasteiger partial charge on any atom is 0.251 e. The molecule has 2 N–H and O–H groups in total. The van der Waals surface area contributed by atoms with Gasteiger partial charge in [-0.25, -0.2) is 8.42 Å². The first-order valence-corrected chi connectivity index (χ1v) is 10.2. The van der Waals surface area contributed by atoms with Crippen LogP contribution in [-0.2, 0) is 29.2 Å². The summed E-state index contributed by atoms with van der Waals surface area (Å²) >= 11 is 5.03. The number of sulfone groups is 1. The molecule has 7 nitrogen and oxygen atoms in total. The van der Waals surface area contributed by atoms with Gasteiger partial charge in [-0.15, -0.1) is 0 Å². The fourth-order valence-electron chi connectivity index (χ4n) is 2.53. The predicted molar refractivity (Wildman–Crippen MR) is 103 cm³/mol. The third kappa shape index (κ3) is 4.50. The molecule has 1 aromatic heterocycles. The highest BCUT2D eigenvalue weighted by Gasteiger charge is 2.16. The minimum Gasteiger partial charge on any atom is -0.345 e. The van der Waals surface area contributed by atoms with Gasteiger partial charge in [0, 0.05) is 12.6 Å². The van der Waals surface area contributed by atoms with Crippen molar-refractivity contribution in [1.29, 1.82) is 0 Å². The summed E-state index contributed by atoms with van der Waals surface area (Å²) in [6.07, 6.45) is 0. The molecule has 27 heavy (non-hydrogen) atoms. The zero-order valence-corrected chi connectivity index (χ0v) is 16.2. The molecule has 0 unspecified atom stereocenters. The Kier molecular flexibility index (Phi) is 5.52. The summed E-state index contributed by atoms with van der Waals surface area (Å²) < 4.78 is 27.1. The summed E-state index contributed by atoms with van der Waals surface area (Å²) in [7, 11) is -1.72. The number of carbonyl (C=O) groups excluding carboxylic acids is 1. The number of benzene rings is 2. The van der Waals surface area contributed by atoms with Gasteiger partial charge in [-0.3, -0.25) is 9.89 Å². The van der Waals surface area contributed by atoms with Crippen molar-refractivity contribution in [3.05, 3.63) is 76.3 Å². The van der Waals surface area contributed by atoms with Crippen LogP contribution in [0, 0.1) is 4.77 Å². The van der Waals surface area contributed by atoms with E-state index in [9.17, 15) is 13.2 Å². The second kappa shape index (κ2) is 7.85. The van der Waals surface area contributed by atoms with Gasteiger partial charge in [0.2, 0.25) is 0 Å². The average molecular weight is 403 g/mol. The number of hydrogen-bond donors (Lipinski definition) is 2. The van der Waals surface area contributed by atoms with Crippen LogP contribution in [0.15, 0.2) is 59.5 Å². The van der Waals surface area contributed by atoms with Crippen molar-refractivity contribution >= 4 is 28.0 Å². The van der Waals surface area contributed by atoms with E-state index in [1.54, 1.807) is 66.2 Å². The maximum atomic E-state index is 12.5. The van der Waals surface area contributed by atoms with E-state index >= 15 is 0 Å². The molecule has 0 saturated heterocycles. The van der Waals surface area contributed by atoms with E-state index in [4.69, 9.17) is 12.2 Å². The van der Waals surface area contributed by atoms with E-state index in [0.29, 0.717) is 21.7 Å². The Morgan fingerprint density at radius 2 is 1.93 bits per heavy atom. The number of amides is 1. The lowest BCUT2D eigenvalue weighted by molar-refractivity contribution is 0.0949. The molecule has 0 aliphatic carbocycles. The van der Waals surface area contributed by atoms with E-state index in [2.05, 4.69) is 15.5 Å². The number of nitrogens with zero attached hydrogens (tertiary/aromatic N) is 2. The molecule has 1 heterocycles. The Morgan fingerprint density at radius 1 is 1.19 bits per heavy atom. The first-order chi connectivity index (χ1) is 12.9. The van der Waals surface area contributed by atoms with Crippen molar-refractivity contribution in [3.63, 3.8) is 0 Å². The maximum absolute atomic E-state index is 12.5. The van der Waals surface area contributed by atoms with E-state index in [1.807, 2.05) is 0 Å². The van der Waals surface area contributed by atoms with Gasteiger partial charge in [-0.2, -0.15) is 5.10 Å². The third-order valence-electron chi connectivity index (χ3n) is 4.03. The molecule has 2 aromatic carbocycles. The van der Waals surface area contributed by atoms with Crippen LogP contribution in [-0.4, -0.2) is 29.1 Å². The van der Waals surface area contributed by atoms with Gasteiger partial charge in [0.15, 0.2) is 20.4 Å². The number of aromatic nitrogens is 3. The quantitative estimate of drug-likeness (QED) is 0.617. The van der Waals surface area contributed by atoms with E-state index in [-0.39, 0.29) is 23.1 Å². The molecular formula is C18H18N4O3S2. The number of H-pyrrole nitrogens is 1. The summed E-state index contributed by atoms with van der Waals surface area (Å²) in [5.41, 5.74) is 0.928. The Morgan fingerprint density at radius 3 is 2.59 bits per heavy atom. The van der Waals surface area contributed by atoms with Crippen molar-refractivity contribution in [1.82, 2.24) is 20.1 Å². The number of nitrogens with one attached hydrogen (secondary N) is 2. The minimum atomic E-state index is -3.47. The van der Waals surface area contributed by atoms with Crippen LogP contribution in [0.4, 0.5) is 0 Å². The van der Waals surface area contributed by atoms with E-state index in [1.165, 1.54) is 0 Å². The molecule has 0 fully saturated rings. The SMILES string of the molecule is Cn1c(CNC(=O)c2cccc(CS(=O)(=O)c3ccccc3)c2)n[nH]c1=S. The zero-order chi connectivity index (χ0) is 19.4. The van der Waals surface area contributed by atoms with Crippen molar-refractivity contribution < 1.29 is 13.2 Å². The monoisotopic (exact) mass is 402 g/mol. The molecular weight excluding hydrogens is 384 g/mol. The zero-order valence-electron chi connectivity index (χ0n) is 14.5. The summed E-state index contributed by atoms with van der Waals surface area (Å²) in [4.78, 5) is 12.6. The van der Waals surface area contributed by atoms with Gasteiger partial charge in [0.25, 0.3) is 5.91 Å². The largest absolute Gasteiger partial charge is 0.345 e. The second-order valence-corrected chi connectivity index (χ2v) is 8.34. The Bertz CT molecular complexity index is 1120. The molecule has 0 aliphatic heterocycles. The summed E-state index contributed by atoms with van der Waals surface area (Å²) in [6, 6.07) is 14.8. The molecule has 0 bridgehead atoms. The van der Waals surface area contributed by atoms with Crippen LogP contribution in [0.2, 0.25) is 0 Å². The lowest BCUT2D eigenvalue weighted by Crippen LogP contribution is -2.24. The topological polar surface area (TPSA) is 96.8 Å². The third-order valence-corrected chi connectivity index (χ3v) is 6.10. The number of hydrogen-bond acceptors (Lipinski definition) is 5. The van der Waals surface area contributed by atoms with Gasteiger partial charge in [0.05, 0.1) is 17.2 Å². The Hall–Kier alpha value is -2.78. The molecule has 0 saturated carbocycles. The van der Waals surface area contributed by atoms with Crippen LogP contribution in [0.5, 0.6) is 0 Å². The normalized spacial score (nSPS) is 11.3. The summed E-state index contributed by atoms with van der Waals surface area (Å²) in [5, 5.41) is 9.43. The van der Waals surface area contributed by atoms with Crippen molar-refractivity contribution in [2.24, 2.45) is 7.05 Å². The Balaban J connectivity index is 1.72. The Labute approximate surface area is 162 Å². The highest BCUT2D eigenvalue weighted by atomic mass is 32.2. The predicted octanol–water partition coefficient (Wildman–Crippen LogP) is 2.38. The first kappa shape index (κ1) is 19.0. The fourth-order valence-corrected chi connectivity index (χ4v) is 4.04. The fraction of sp³-hybridized carbons (Fsp3) is 0.167. The van der Waals surface area contributed by atoms with Crippen LogP contribution < -0.4 is 5.32 Å². The van der Waals surface area contributed by atoms with Crippen molar-refractivity contribution in [2.45, 2.75) is 17.2 Å². The van der Waals surface area contributed by atoms with Crippen LogP contribution in [0.25, 0.3) is 0 Å². The molecule has 0 aliphatic rings. The molecule has 0 atom stereocenters. The molecule has 1 amide bonds. The van der Waals surface area contributed by atoms with Crippen molar-refractivity contribution in [3.8, 4) is 0 Å². The van der Waals surface area contributed by atoms with Gasteiger partial charge in [-0.1, -0.05) is 30.3 Å². The van der Waals surface area contributed by atoms with E-state index in [0.717, 1.165) is 0 Å². The lowest BCUT2D eigenvalue weighted by atomic mass is 10.1. The smallest absolute Gasteiger partial charge is 0.251 e. The second-order valence-electron chi connectivity index (χ2n) is 5.96. The first-order valence-electron chi connectivity index (χ1n) is 8.12. The van der Waals surface area contributed by atoms with Gasteiger partial charge >= 0.3 is 0 Å². The number of aromatic amines is 1. The molecule has 0 radical (unpaired) electrons. The summed E-state index contributed by atoms with van der Waals surface area (Å²) in [6.45, 7) is 0.203. The molecule has 3 aromatic rings. The van der Waals surface area contributed by atoms with Crippen LogP contribution in [0.3, 0.4) is 0 Å². The number of carbonyl (C=O) groups is 1. The highest BCUT2D eigenvalue weighted by molar-refractivity contribution is 7.90. The standard InChI is InChI=1S/C18H18N4O3S2/c1-22-16(20-21-18(22)26)11-19-17(23)14-7-5-6-13(10-14)12-27(24,25)15-8-3-2-4-9-15/h2-10H,11-12H2,1H3,(H,19,23)(H,21,26). The average Bonchev–Trinajstić information content (AvgIpc) is 2.98. The molecule has 3 rings (SSSR count). The minimum absolute atomic E-state index is 0.175. The summed E-state index contributed by atoms with van der Waals surface area (Å²) in [5.74, 6) is 0.102. The van der Waals surface area contributed by atoms with Crippen LogP contribution >= 0.6 is 12.2 Å². The molecule has 0 spiro atoms. The van der Waals surface area contributed by atoms with Gasteiger partial charge < -0.3 is 9.88 Å². The van der Waals surface area contributed by atoms with Gasteiger partial charge in [0.1, 0.15) is 0 Å². The highest BCUT2D eigenvalue weighted by Crippen LogP contribution is 2.17. The van der Waals surface area contributed by atoms with E-state index < -0.39 is 9.84 Å². The van der Waals surface area contributed by atoms with Crippen LogP contribution in [0.1, 0.15) is 21.7 Å². The molecule has 140 valence electrons. The lowest BCUT2D eigenvalue weighted by Gasteiger charge is -2.08. The molecule has 9 heteroatoms.